The van der Waals surface area contributed by atoms with Gasteiger partial charge in [-0.1, -0.05) is 12.1 Å². The smallest absolute Gasteiger partial charge is 0.241 e. The summed E-state index contributed by atoms with van der Waals surface area (Å²) in [6, 6.07) is 7.09. The van der Waals surface area contributed by atoms with E-state index in [4.69, 9.17) is 11.5 Å². The fourth-order valence-corrected chi connectivity index (χ4v) is 1.24. The molecule has 1 aromatic carbocycles. The zero-order valence-corrected chi connectivity index (χ0v) is 8.37. The van der Waals surface area contributed by atoms with E-state index in [1.165, 1.54) is 0 Å². The van der Waals surface area contributed by atoms with Crippen molar-refractivity contribution >= 4 is 11.6 Å². The number of amides is 1. The molecular weight excluding hydrogens is 208 g/mol. The van der Waals surface area contributed by atoms with E-state index in [-0.39, 0.29) is 6.54 Å². The Kier molecular flexibility index (Phi) is 2.50. The molecule has 0 atom stereocenters. The van der Waals surface area contributed by atoms with Crippen LogP contribution in [-0.2, 0) is 11.3 Å². The van der Waals surface area contributed by atoms with Crippen LogP contribution in [0.3, 0.4) is 0 Å². The Balaban J connectivity index is 2.28. The molecule has 0 aliphatic rings. The zero-order chi connectivity index (χ0) is 11.5. The van der Waals surface area contributed by atoms with Gasteiger partial charge in [0.25, 0.3) is 0 Å². The van der Waals surface area contributed by atoms with E-state index in [0.29, 0.717) is 11.5 Å². The van der Waals surface area contributed by atoms with Crippen LogP contribution in [0.4, 0.5) is 5.69 Å². The van der Waals surface area contributed by atoms with Crippen LogP contribution in [0.15, 0.2) is 24.3 Å². The number of carbonyl (C=O) groups is 1. The van der Waals surface area contributed by atoms with Gasteiger partial charge < -0.3 is 11.5 Å². The fourth-order valence-electron chi connectivity index (χ4n) is 1.24. The third-order valence-corrected chi connectivity index (χ3v) is 1.89. The molecule has 16 heavy (non-hydrogen) atoms. The first-order chi connectivity index (χ1) is 7.65. The van der Waals surface area contributed by atoms with Gasteiger partial charge in [-0.2, -0.15) is 4.80 Å². The Bertz CT molecular complexity index is 520. The molecular formula is C9H10N6O. The van der Waals surface area contributed by atoms with E-state index in [1.54, 1.807) is 18.2 Å². The minimum Gasteiger partial charge on any atom is -0.399 e. The summed E-state index contributed by atoms with van der Waals surface area (Å²) in [4.78, 5) is 11.8. The average molecular weight is 218 g/mol. The molecule has 2 rings (SSSR count). The minimum atomic E-state index is -0.517. The van der Waals surface area contributed by atoms with Crippen LogP contribution >= 0.6 is 0 Å². The summed E-state index contributed by atoms with van der Waals surface area (Å²) in [5.41, 5.74) is 12.0. The predicted molar refractivity (Wildman–Crippen MR) is 56.9 cm³/mol. The lowest BCUT2D eigenvalue weighted by Gasteiger charge is -1.95. The van der Waals surface area contributed by atoms with E-state index in [0.717, 1.165) is 10.4 Å². The molecule has 82 valence electrons. The van der Waals surface area contributed by atoms with Crippen LogP contribution in [0, 0.1) is 0 Å². The van der Waals surface area contributed by atoms with Gasteiger partial charge in [0.15, 0.2) is 0 Å². The number of benzene rings is 1. The number of nitrogen functional groups attached to an aromatic ring is 1. The van der Waals surface area contributed by atoms with Crippen LogP contribution < -0.4 is 11.5 Å². The van der Waals surface area contributed by atoms with Crippen molar-refractivity contribution < 1.29 is 4.79 Å². The summed E-state index contributed by atoms with van der Waals surface area (Å²) < 4.78 is 0. The Morgan fingerprint density at radius 1 is 1.44 bits per heavy atom. The molecule has 7 nitrogen and oxygen atoms in total. The summed E-state index contributed by atoms with van der Waals surface area (Å²) in [5.74, 6) is -0.106. The predicted octanol–water partition coefficient (Wildman–Crippen LogP) is -0.592. The average Bonchev–Trinajstić information content (AvgIpc) is 2.65. The molecule has 0 aliphatic heterocycles. The molecule has 0 saturated carbocycles. The fraction of sp³-hybridized carbons (Fsp3) is 0.111. The van der Waals surface area contributed by atoms with Gasteiger partial charge in [0.1, 0.15) is 6.54 Å². The van der Waals surface area contributed by atoms with Gasteiger partial charge >= 0.3 is 0 Å². The van der Waals surface area contributed by atoms with E-state index in [9.17, 15) is 4.79 Å². The number of primary amides is 1. The summed E-state index contributed by atoms with van der Waals surface area (Å²) in [5, 5.41) is 11.5. The second-order valence-corrected chi connectivity index (χ2v) is 3.24. The molecule has 1 aromatic heterocycles. The number of hydrogen-bond acceptors (Lipinski definition) is 5. The normalized spacial score (nSPS) is 10.2. The second kappa shape index (κ2) is 3.97. The van der Waals surface area contributed by atoms with Crippen LogP contribution in [0.5, 0.6) is 0 Å². The van der Waals surface area contributed by atoms with Crippen molar-refractivity contribution in [3.8, 4) is 11.4 Å². The first kappa shape index (κ1) is 10.1. The van der Waals surface area contributed by atoms with Crippen molar-refractivity contribution in [1.29, 1.82) is 0 Å². The SMILES string of the molecule is NC(=O)Cn1nnc(-c2cccc(N)c2)n1. The Labute approximate surface area is 91.0 Å². The maximum absolute atomic E-state index is 10.6. The Morgan fingerprint density at radius 3 is 2.94 bits per heavy atom. The highest BCUT2D eigenvalue weighted by Crippen LogP contribution is 2.15. The first-order valence-corrected chi connectivity index (χ1v) is 4.57. The van der Waals surface area contributed by atoms with Gasteiger partial charge in [-0.05, 0) is 17.3 Å². The molecule has 2 aromatic rings. The summed E-state index contributed by atoms with van der Waals surface area (Å²) in [6.45, 7) is -0.0880. The molecule has 0 fully saturated rings. The molecule has 0 radical (unpaired) electrons. The van der Waals surface area contributed by atoms with Crippen LogP contribution in [0.1, 0.15) is 0 Å². The lowest BCUT2D eigenvalue weighted by molar-refractivity contribution is -0.118. The van der Waals surface area contributed by atoms with Crippen LogP contribution in [0.2, 0.25) is 0 Å². The van der Waals surface area contributed by atoms with E-state index in [1.807, 2.05) is 6.07 Å². The summed E-state index contributed by atoms with van der Waals surface area (Å²) in [6.07, 6.45) is 0. The second-order valence-electron chi connectivity index (χ2n) is 3.24. The molecule has 0 bridgehead atoms. The highest BCUT2D eigenvalue weighted by atomic mass is 16.1. The quantitative estimate of drug-likeness (QED) is 0.668. The zero-order valence-electron chi connectivity index (χ0n) is 8.37. The topological polar surface area (TPSA) is 113 Å². The number of nitrogens with two attached hydrogens (primary N) is 2. The number of carbonyl (C=O) groups excluding carboxylic acids is 1. The third-order valence-electron chi connectivity index (χ3n) is 1.89. The molecule has 0 spiro atoms. The van der Waals surface area contributed by atoms with Gasteiger partial charge in [-0.25, -0.2) is 0 Å². The Morgan fingerprint density at radius 2 is 2.25 bits per heavy atom. The van der Waals surface area contributed by atoms with Gasteiger partial charge in [0.05, 0.1) is 0 Å². The number of hydrogen-bond donors (Lipinski definition) is 2. The lowest BCUT2D eigenvalue weighted by atomic mass is 10.2. The van der Waals surface area contributed by atoms with Crippen molar-refractivity contribution in [2.75, 3.05) is 5.73 Å². The summed E-state index contributed by atoms with van der Waals surface area (Å²) in [7, 11) is 0. The number of tetrazole rings is 1. The van der Waals surface area contributed by atoms with Crippen molar-refractivity contribution in [1.82, 2.24) is 20.2 Å². The Hall–Kier alpha value is -2.44. The van der Waals surface area contributed by atoms with Crippen LogP contribution in [-0.4, -0.2) is 26.1 Å². The van der Waals surface area contributed by atoms with Gasteiger partial charge in [-0.15, -0.1) is 10.2 Å². The lowest BCUT2D eigenvalue weighted by Crippen LogP contribution is -2.20. The highest BCUT2D eigenvalue weighted by molar-refractivity contribution is 5.73. The van der Waals surface area contributed by atoms with Crippen molar-refractivity contribution in [3.05, 3.63) is 24.3 Å². The molecule has 7 heteroatoms. The molecule has 0 aliphatic carbocycles. The van der Waals surface area contributed by atoms with Gasteiger partial charge in [0.2, 0.25) is 11.7 Å². The van der Waals surface area contributed by atoms with Gasteiger partial charge in [-0.3, -0.25) is 4.79 Å². The standard InChI is InChI=1S/C9H10N6O/c10-7-3-1-2-6(4-7)9-12-14-15(13-9)5-8(11)16/h1-4H,5,10H2,(H2,11,16). The largest absolute Gasteiger partial charge is 0.399 e. The highest BCUT2D eigenvalue weighted by Gasteiger charge is 2.07. The van der Waals surface area contributed by atoms with Crippen molar-refractivity contribution in [2.24, 2.45) is 5.73 Å². The molecule has 1 amide bonds. The van der Waals surface area contributed by atoms with E-state index < -0.39 is 5.91 Å². The number of aromatic nitrogens is 4. The van der Waals surface area contributed by atoms with Gasteiger partial charge in [0, 0.05) is 11.3 Å². The molecule has 0 unspecified atom stereocenters. The maximum Gasteiger partial charge on any atom is 0.241 e. The third kappa shape index (κ3) is 2.14. The molecule has 1 heterocycles. The van der Waals surface area contributed by atoms with Crippen LogP contribution in [0.25, 0.3) is 11.4 Å². The first-order valence-electron chi connectivity index (χ1n) is 4.57. The molecule has 0 saturated heterocycles. The molecule has 4 N–H and O–H groups in total. The minimum absolute atomic E-state index is 0.0880. The van der Waals surface area contributed by atoms with E-state index in [2.05, 4.69) is 15.4 Å². The number of anilines is 1. The van der Waals surface area contributed by atoms with Crippen molar-refractivity contribution in [2.45, 2.75) is 6.54 Å². The van der Waals surface area contributed by atoms with E-state index >= 15 is 0 Å². The summed E-state index contributed by atoms with van der Waals surface area (Å²) >= 11 is 0. The number of nitrogens with zero attached hydrogens (tertiary/aromatic N) is 4. The maximum atomic E-state index is 10.6. The number of rotatable bonds is 3. The monoisotopic (exact) mass is 218 g/mol. The van der Waals surface area contributed by atoms with Crippen molar-refractivity contribution in [3.63, 3.8) is 0 Å².